The lowest BCUT2D eigenvalue weighted by molar-refractivity contribution is -0.183. The normalized spacial score (nSPS) is 22.3. The van der Waals surface area contributed by atoms with Crippen molar-refractivity contribution in [2.45, 2.75) is 6.32 Å². The van der Waals surface area contributed by atoms with Crippen molar-refractivity contribution in [3.63, 3.8) is 0 Å². The van der Waals surface area contributed by atoms with Crippen LogP contribution < -0.4 is 0 Å². The zero-order valence-electron chi connectivity index (χ0n) is 3.81. The van der Waals surface area contributed by atoms with Crippen LogP contribution in [0.15, 0.2) is 0 Å². The molecule has 0 aromatic rings. The molecule has 1 aliphatic heterocycles. The highest BCUT2D eigenvalue weighted by atomic mass is 17.2. The van der Waals surface area contributed by atoms with E-state index < -0.39 is 0 Å². The molecule has 0 saturated carbocycles. The summed E-state index contributed by atoms with van der Waals surface area (Å²) in [6.45, 7) is 1.09. The molecule has 1 rings (SSSR count). The molecule has 0 aliphatic carbocycles. The molecule has 0 atom stereocenters. The number of hydrogen-bond donors (Lipinski definition) is 0. The minimum Gasteiger partial charge on any atom is -0.316 e. The summed E-state index contributed by atoms with van der Waals surface area (Å²) >= 11 is 0. The van der Waals surface area contributed by atoms with Crippen molar-refractivity contribution in [1.29, 1.82) is 0 Å². The average Bonchev–Trinajstić information content (AvgIpc) is 1.86. The van der Waals surface area contributed by atoms with Crippen LogP contribution in [0.2, 0.25) is 6.32 Å². The highest BCUT2D eigenvalue weighted by molar-refractivity contribution is 6.99. The van der Waals surface area contributed by atoms with E-state index in [4.69, 9.17) is 0 Å². The summed E-state index contributed by atoms with van der Waals surface area (Å²) in [5.74, 6) is 0. The summed E-state index contributed by atoms with van der Waals surface area (Å²) in [7, 11) is 1.99. The van der Waals surface area contributed by atoms with Gasteiger partial charge in [0.25, 0.3) is 6.81 Å². The van der Waals surface area contributed by atoms with Crippen molar-refractivity contribution >= 4 is 14.5 Å². The van der Waals surface area contributed by atoms with Crippen molar-refractivity contribution in [3.8, 4) is 0 Å². The van der Waals surface area contributed by atoms with Crippen molar-refractivity contribution in [1.82, 2.24) is 0 Å². The highest BCUT2D eigenvalue weighted by Gasteiger charge is 2.15. The van der Waals surface area contributed by atoms with E-state index in [9.17, 15) is 0 Å². The van der Waals surface area contributed by atoms with Crippen LogP contribution in [0, 0.1) is 0 Å². The van der Waals surface area contributed by atoms with Crippen molar-refractivity contribution in [2.24, 2.45) is 0 Å². The van der Waals surface area contributed by atoms with E-state index in [1.54, 1.807) is 0 Å². The molecule has 1 saturated heterocycles. The Morgan fingerprint density at radius 2 is 2.50 bits per heavy atom. The molecule has 1 heterocycles. The van der Waals surface area contributed by atoms with Crippen LogP contribution in [0.1, 0.15) is 0 Å². The maximum Gasteiger partial charge on any atom is 0.296 e. The van der Waals surface area contributed by atoms with Crippen LogP contribution in [0.25, 0.3) is 0 Å². The van der Waals surface area contributed by atoms with Crippen LogP contribution in [0.5, 0.6) is 0 Å². The Balaban J connectivity index is 2.18. The molecule has 6 heavy (non-hydrogen) atoms. The second kappa shape index (κ2) is 1.67. The molecule has 32 valence electrons. The van der Waals surface area contributed by atoms with Gasteiger partial charge in [-0.1, -0.05) is 0 Å². The number of rotatable bonds is 0. The molecular weight excluding hydrogens is 77.6 g/mol. The third kappa shape index (κ3) is 0.758. The summed E-state index contributed by atoms with van der Waals surface area (Å²) in [6.07, 6.45) is 1.04. The third-order valence-corrected chi connectivity index (χ3v) is 0.840. The molecule has 0 unspecified atom stereocenters. The molecular formula is C2H6B2O2. The van der Waals surface area contributed by atoms with Crippen molar-refractivity contribution in [3.05, 3.63) is 0 Å². The average molecular weight is 83.7 g/mol. The lowest BCUT2D eigenvalue weighted by Crippen LogP contribution is -2.08. The Kier molecular flexibility index (Phi) is 1.17. The fraction of sp³-hybridized carbons (Fsp3) is 1.00. The SMILES string of the molecule is BB1CCOO1. The zero-order chi connectivity index (χ0) is 4.41. The van der Waals surface area contributed by atoms with E-state index in [1.165, 1.54) is 0 Å². The molecule has 0 N–H and O–H groups in total. The van der Waals surface area contributed by atoms with Gasteiger partial charge in [-0.2, -0.15) is 0 Å². The maximum atomic E-state index is 4.65. The summed E-state index contributed by atoms with van der Waals surface area (Å²) < 4.78 is 0. The van der Waals surface area contributed by atoms with Crippen LogP contribution in [-0.4, -0.2) is 21.2 Å². The molecule has 1 fully saturated rings. The standard InChI is InChI=1S/C2H6B2O2/c3-4-1-2-5-6-4/h1-3H2. The van der Waals surface area contributed by atoms with Gasteiger partial charge in [0.15, 0.2) is 0 Å². The molecule has 1 aliphatic rings. The first-order chi connectivity index (χ1) is 2.89. The first-order valence-corrected chi connectivity index (χ1v) is 2.18. The van der Waals surface area contributed by atoms with E-state index in [0.717, 1.165) is 12.9 Å². The zero-order valence-corrected chi connectivity index (χ0v) is 3.81. The van der Waals surface area contributed by atoms with E-state index in [2.05, 4.69) is 9.69 Å². The Morgan fingerprint density at radius 1 is 1.67 bits per heavy atom. The van der Waals surface area contributed by atoms with E-state index in [1.807, 2.05) is 7.74 Å². The molecule has 4 heteroatoms. The number of hydrogen-bond acceptors (Lipinski definition) is 2. The molecule has 0 spiro atoms. The van der Waals surface area contributed by atoms with Gasteiger partial charge in [0.2, 0.25) is 0 Å². The van der Waals surface area contributed by atoms with Gasteiger partial charge in [-0.15, -0.1) is 0 Å². The predicted octanol–water partition coefficient (Wildman–Crippen LogP) is -0.931. The fourth-order valence-electron chi connectivity index (χ4n) is 0.426. The predicted molar refractivity (Wildman–Crippen MR) is 26.1 cm³/mol. The molecule has 0 amide bonds. The van der Waals surface area contributed by atoms with Gasteiger partial charge in [-0.05, 0) is 6.32 Å². The quantitative estimate of drug-likeness (QED) is 0.278. The van der Waals surface area contributed by atoms with Crippen LogP contribution in [0.3, 0.4) is 0 Å². The Morgan fingerprint density at radius 3 is 2.67 bits per heavy atom. The van der Waals surface area contributed by atoms with Gasteiger partial charge >= 0.3 is 0 Å². The minimum absolute atomic E-state index is 0.324. The van der Waals surface area contributed by atoms with Crippen molar-refractivity contribution in [2.75, 3.05) is 6.61 Å². The first-order valence-electron chi connectivity index (χ1n) is 2.18. The molecule has 0 radical (unpaired) electrons. The second-order valence-electron chi connectivity index (χ2n) is 1.52. The Hall–Kier alpha value is 0.0499. The molecule has 0 aromatic heterocycles. The monoisotopic (exact) mass is 84.1 g/mol. The third-order valence-electron chi connectivity index (χ3n) is 0.840. The topological polar surface area (TPSA) is 18.5 Å². The molecule has 2 nitrogen and oxygen atoms in total. The molecule has 0 aromatic carbocycles. The van der Waals surface area contributed by atoms with Crippen LogP contribution >= 0.6 is 0 Å². The summed E-state index contributed by atoms with van der Waals surface area (Å²) in [5, 5.41) is 0. The van der Waals surface area contributed by atoms with E-state index in [0.29, 0.717) is 6.81 Å². The van der Waals surface area contributed by atoms with Gasteiger partial charge in [0.05, 0.1) is 6.61 Å². The van der Waals surface area contributed by atoms with Crippen LogP contribution in [0.4, 0.5) is 0 Å². The first kappa shape index (κ1) is 4.22. The lowest BCUT2D eigenvalue weighted by Gasteiger charge is -1.87. The van der Waals surface area contributed by atoms with E-state index in [-0.39, 0.29) is 0 Å². The van der Waals surface area contributed by atoms with E-state index >= 15 is 0 Å². The van der Waals surface area contributed by atoms with Gasteiger partial charge < -0.3 is 4.81 Å². The fourth-order valence-corrected chi connectivity index (χ4v) is 0.426. The molecule has 0 bridgehead atoms. The van der Waals surface area contributed by atoms with Gasteiger partial charge in [-0.3, -0.25) is 4.89 Å². The Bertz CT molecular complexity index is 42.8. The highest BCUT2D eigenvalue weighted by Crippen LogP contribution is 2.00. The summed E-state index contributed by atoms with van der Waals surface area (Å²) in [4.78, 5) is 9.21. The van der Waals surface area contributed by atoms with Crippen LogP contribution in [-0.2, 0) is 9.69 Å². The summed E-state index contributed by atoms with van der Waals surface area (Å²) in [6, 6.07) is 0. The second-order valence-corrected chi connectivity index (χ2v) is 1.52. The largest absolute Gasteiger partial charge is 0.316 e. The van der Waals surface area contributed by atoms with Gasteiger partial charge in [-0.25, -0.2) is 0 Å². The van der Waals surface area contributed by atoms with Gasteiger partial charge in [0.1, 0.15) is 7.74 Å². The minimum atomic E-state index is 0.324. The van der Waals surface area contributed by atoms with Gasteiger partial charge in [0, 0.05) is 0 Å². The smallest absolute Gasteiger partial charge is 0.296 e. The summed E-state index contributed by atoms with van der Waals surface area (Å²) in [5.41, 5.74) is 0. The Labute approximate surface area is 38.2 Å². The lowest BCUT2D eigenvalue weighted by atomic mass is 9.46. The maximum absolute atomic E-state index is 4.65. The van der Waals surface area contributed by atoms with Crippen molar-refractivity contribution < 1.29 is 9.69 Å².